The minimum atomic E-state index is -0.419. The molecule has 0 saturated carbocycles. The Morgan fingerprint density at radius 1 is 1.55 bits per heavy atom. The summed E-state index contributed by atoms with van der Waals surface area (Å²) in [6, 6.07) is 4.23. The monoisotopic (exact) mass is 153 g/mol. The molecule has 0 fully saturated rings. The van der Waals surface area contributed by atoms with Crippen LogP contribution in [0.5, 0.6) is 0 Å². The zero-order valence-electron chi connectivity index (χ0n) is 5.88. The van der Waals surface area contributed by atoms with Crippen LogP contribution in [0, 0.1) is 5.82 Å². The van der Waals surface area contributed by atoms with Crippen molar-refractivity contribution in [2.75, 3.05) is 0 Å². The van der Waals surface area contributed by atoms with E-state index in [9.17, 15) is 9.18 Å². The molecule has 3 heteroatoms. The van der Waals surface area contributed by atoms with Crippen LogP contribution in [-0.4, -0.2) is 6.29 Å². The Bertz CT molecular complexity index is 273. The van der Waals surface area contributed by atoms with Crippen LogP contribution >= 0.6 is 0 Å². The molecule has 1 aromatic rings. The minimum absolute atomic E-state index is 0.158. The van der Waals surface area contributed by atoms with E-state index < -0.39 is 5.82 Å². The second-order valence-corrected chi connectivity index (χ2v) is 2.17. The average Bonchev–Trinajstić information content (AvgIpc) is 2.04. The summed E-state index contributed by atoms with van der Waals surface area (Å²) < 4.78 is 12.8. The van der Waals surface area contributed by atoms with Crippen LogP contribution in [0.2, 0.25) is 0 Å². The average molecular weight is 153 g/mol. The van der Waals surface area contributed by atoms with Crippen LogP contribution in [-0.2, 0) is 6.54 Å². The minimum Gasteiger partial charge on any atom is -0.326 e. The number of carbonyl (C=O) groups excluding carboxylic acids is 1. The number of aldehydes is 1. The molecule has 0 atom stereocenters. The highest BCUT2D eigenvalue weighted by molar-refractivity contribution is 5.74. The smallest absolute Gasteiger partial charge is 0.150 e. The maximum atomic E-state index is 12.8. The van der Waals surface area contributed by atoms with Crippen LogP contribution < -0.4 is 5.73 Å². The second kappa shape index (κ2) is 3.25. The predicted molar refractivity (Wildman–Crippen MR) is 39.7 cm³/mol. The first-order chi connectivity index (χ1) is 5.27. The zero-order chi connectivity index (χ0) is 8.27. The van der Waals surface area contributed by atoms with Crippen LogP contribution in [0.3, 0.4) is 0 Å². The van der Waals surface area contributed by atoms with Gasteiger partial charge in [0.2, 0.25) is 0 Å². The maximum Gasteiger partial charge on any atom is 0.150 e. The fraction of sp³-hybridized carbons (Fsp3) is 0.125. The summed E-state index contributed by atoms with van der Waals surface area (Å²) in [7, 11) is 0. The van der Waals surface area contributed by atoms with E-state index in [0.717, 1.165) is 0 Å². The number of nitrogens with two attached hydrogens (primary N) is 1. The molecule has 0 radical (unpaired) electrons. The van der Waals surface area contributed by atoms with E-state index in [1.165, 1.54) is 18.2 Å². The lowest BCUT2D eigenvalue weighted by Crippen LogP contribution is -1.99. The molecule has 0 aliphatic heterocycles. The Labute approximate surface area is 63.8 Å². The third-order valence-corrected chi connectivity index (χ3v) is 1.43. The van der Waals surface area contributed by atoms with Gasteiger partial charge in [0, 0.05) is 17.7 Å². The molecule has 0 unspecified atom stereocenters. The van der Waals surface area contributed by atoms with Crippen molar-refractivity contribution in [1.29, 1.82) is 0 Å². The van der Waals surface area contributed by atoms with Gasteiger partial charge in [-0.3, -0.25) is 4.79 Å². The molecule has 58 valence electrons. The predicted octanol–water partition coefficient (Wildman–Crippen LogP) is 1.10. The third kappa shape index (κ3) is 1.62. The molecule has 0 amide bonds. The van der Waals surface area contributed by atoms with E-state index in [4.69, 9.17) is 5.73 Å². The van der Waals surface area contributed by atoms with Gasteiger partial charge in [-0.05, 0) is 6.07 Å². The van der Waals surface area contributed by atoms with Crippen molar-refractivity contribution in [3.05, 3.63) is 35.1 Å². The standard InChI is InChI=1S/C8H8FNO/c9-8-3-6(5-11)1-2-7(8)4-10/h1-3,5H,4,10H2. The van der Waals surface area contributed by atoms with Crippen LogP contribution in [0.1, 0.15) is 15.9 Å². The van der Waals surface area contributed by atoms with Crippen molar-refractivity contribution in [3.8, 4) is 0 Å². The summed E-state index contributed by atoms with van der Waals surface area (Å²) in [5.41, 5.74) is 5.97. The Balaban J connectivity index is 3.09. The SMILES string of the molecule is NCc1ccc(C=O)cc1F. The summed E-state index contributed by atoms with van der Waals surface area (Å²) in [5.74, 6) is -0.419. The topological polar surface area (TPSA) is 43.1 Å². The molecular formula is C8H8FNO. The lowest BCUT2D eigenvalue weighted by Gasteiger charge is -1.98. The van der Waals surface area contributed by atoms with Gasteiger partial charge in [0.25, 0.3) is 0 Å². The van der Waals surface area contributed by atoms with Gasteiger partial charge in [0.15, 0.2) is 0 Å². The van der Waals surface area contributed by atoms with Crippen molar-refractivity contribution >= 4 is 6.29 Å². The number of hydrogen-bond donors (Lipinski definition) is 1. The van der Waals surface area contributed by atoms with E-state index in [1.54, 1.807) is 0 Å². The van der Waals surface area contributed by atoms with Crippen molar-refractivity contribution in [2.24, 2.45) is 5.73 Å². The number of rotatable bonds is 2. The highest BCUT2D eigenvalue weighted by Crippen LogP contribution is 2.07. The van der Waals surface area contributed by atoms with Crippen LogP contribution in [0.4, 0.5) is 4.39 Å². The summed E-state index contributed by atoms with van der Waals surface area (Å²) >= 11 is 0. The van der Waals surface area contributed by atoms with Gasteiger partial charge in [-0.2, -0.15) is 0 Å². The third-order valence-electron chi connectivity index (χ3n) is 1.43. The molecule has 11 heavy (non-hydrogen) atoms. The summed E-state index contributed by atoms with van der Waals surface area (Å²) in [5, 5.41) is 0. The molecule has 0 bridgehead atoms. The van der Waals surface area contributed by atoms with Crippen molar-refractivity contribution < 1.29 is 9.18 Å². The summed E-state index contributed by atoms with van der Waals surface area (Å²) in [6.45, 7) is 0.158. The fourth-order valence-corrected chi connectivity index (χ4v) is 0.802. The Morgan fingerprint density at radius 3 is 2.73 bits per heavy atom. The van der Waals surface area contributed by atoms with E-state index >= 15 is 0 Å². The van der Waals surface area contributed by atoms with Gasteiger partial charge < -0.3 is 5.73 Å². The largest absolute Gasteiger partial charge is 0.326 e. The quantitative estimate of drug-likeness (QED) is 0.646. The van der Waals surface area contributed by atoms with E-state index in [-0.39, 0.29) is 6.54 Å². The first-order valence-electron chi connectivity index (χ1n) is 3.21. The van der Waals surface area contributed by atoms with Gasteiger partial charge >= 0.3 is 0 Å². The van der Waals surface area contributed by atoms with Crippen LogP contribution in [0.15, 0.2) is 18.2 Å². The lowest BCUT2D eigenvalue weighted by molar-refractivity contribution is 0.112. The molecule has 2 N–H and O–H groups in total. The highest BCUT2D eigenvalue weighted by Gasteiger charge is 1.99. The first kappa shape index (κ1) is 7.88. The molecule has 0 aliphatic carbocycles. The first-order valence-corrected chi connectivity index (χ1v) is 3.21. The van der Waals surface area contributed by atoms with Crippen molar-refractivity contribution in [3.63, 3.8) is 0 Å². The molecule has 2 nitrogen and oxygen atoms in total. The lowest BCUT2D eigenvalue weighted by atomic mass is 10.1. The van der Waals surface area contributed by atoms with E-state index in [0.29, 0.717) is 17.4 Å². The van der Waals surface area contributed by atoms with Crippen molar-refractivity contribution in [1.82, 2.24) is 0 Å². The fourth-order valence-electron chi connectivity index (χ4n) is 0.802. The molecule has 0 spiro atoms. The normalized spacial score (nSPS) is 9.64. The van der Waals surface area contributed by atoms with Crippen molar-refractivity contribution in [2.45, 2.75) is 6.54 Å². The Morgan fingerprint density at radius 2 is 2.27 bits per heavy atom. The van der Waals surface area contributed by atoms with Gasteiger partial charge in [-0.25, -0.2) is 4.39 Å². The molecule has 1 aromatic carbocycles. The zero-order valence-corrected chi connectivity index (χ0v) is 5.88. The number of halogens is 1. The number of benzene rings is 1. The van der Waals surface area contributed by atoms with Gasteiger partial charge in [-0.15, -0.1) is 0 Å². The van der Waals surface area contributed by atoms with Gasteiger partial charge in [0.1, 0.15) is 12.1 Å². The van der Waals surface area contributed by atoms with Gasteiger partial charge in [0.05, 0.1) is 0 Å². The Kier molecular flexibility index (Phi) is 2.33. The highest BCUT2D eigenvalue weighted by atomic mass is 19.1. The summed E-state index contributed by atoms with van der Waals surface area (Å²) in [6.07, 6.45) is 0.601. The summed E-state index contributed by atoms with van der Waals surface area (Å²) in [4.78, 5) is 10.2. The maximum absolute atomic E-state index is 12.8. The van der Waals surface area contributed by atoms with E-state index in [1.807, 2.05) is 0 Å². The molecule has 0 heterocycles. The van der Waals surface area contributed by atoms with Crippen LogP contribution in [0.25, 0.3) is 0 Å². The molecule has 0 aromatic heterocycles. The van der Waals surface area contributed by atoms with Gasteiger partial charge in [-0.1, -0.05) is 12.1 Å². The Hall–Kier alpha value is -1.22. The molecular weight excluding hydrogens is 145 g/mol. The molecule has 0 aliphatic rings. The number of hydrogen-bond acceptors (Lipinski definition) is 2. The number of carbonyl (C=O) groups is 1. The second-order valence-electron chi connectivity index (χ2n) is 2.17. The van der Waals surface area contributed by atoms with E-state index in [2.05, 4.69) is 0 Å². The molecule has 1 rings (SSSR count). The molecule has 0 saturated heterocycles.